The van der Waals surface area contributed by atoms with Crippen LogP contribution in [-0.2, 0) is 9.59 Å². The fraction of sp³-hybridized carbons (Fsp3) is 0.467. The quantitative estimate of drug-likeness (QED) is 0.890. The summed E-state index contributed by atoms with van der Waals surface area (Å²) in [6.07, 6.45) is 0. The standard InChI is InChI=1S/C15H21N3O2/c1-12(16-13(2)19)15(20)18-10-8-17(9-11-18)14-6-4-3-5-7-14/h3-7,12H,8-11H2,1-2H3,(H,16,19). The topological polar surface area (TPSA) is 52.7 Å². The number of hydrogen-bond acceptors (Lipinski definition) is 3. The van der Waals surface area contributed by atoms with Gasteiger partial charge in [-0.1, -0.05) is 18.2 Å². The molecule has 20 heavy (non-hydrogen) atoms. The van der Waals surface area contributed by atoms with Crippen LogP contribution in [0.15, 0.2) is 30.3 Å². The van der Waals surface area contributed by atoms with Crippen LogP contribution in [0, 0.1) is 0 Å². The fourth-order valence-electron chi connectivity index (χ4n) is 2.46. The van der Waals surface area contributed by atoms with E-state index < -0.39 is 6.04 Å². The van der Waals surface area contributed by atoms with E-state index in [9.17, 15) is 9.59 Å². The highest BCUT2D eigenvalue weighted by molar-refractivity contribution is 5.86. The van der Waals surface area contributed by atoms with Crippen molar-refractivity contribution >= 4 is 17.5 Å². The van der Waals surface area contributed by atoms with Crippen LogP contribution in [-0.4, -0.2) is 48.9 Å². The summed E-state index contributed by atoms with van der Waals surface area (Å²) in [5.74, 6) is -0.179. The third-order valence-electron chi connectivity index (χ3n) is 3.50. The summed E-state index contributed by atoms with van der Waals surface area (Å²) in [5, 5.41) is 2.64. The molecule has 1 saturated heterocycles. The van der Waals surface area contributed by atoms with Crippen LogP contribution in [0.25, 0.3) is 0 Å². The van der Waals surface area contributed by atoms with Gasteiger partial charge in [0.2, 0.25) is 11.8 Å². The van der Waals surface area contributed by atoms with Crippen molar-refractivity contribution in [3.8, 4) is 0 Å². The number of rotatable bonds is 3. The Kier molecular flexibility index (Phi) is 4.61. The molecule has 1 aromatic carbocycles. The molecule has 1 heterocycles. The summed E-state index contributed by atoms with van der Waals surface area (Å²) in [5.41, 5.74) is 1.19. The number of nitrogens with zero attached hydrogens (tertiary/aromatic N) is 2. The lowest BCUT2D eigenvalue weighted by atomic mass is 10.2. The second kappa shape index (κ2) is 6.41. The largest absolute Gasteiger partial charge is 0.368 e. The second-order valence-electron chi connectivity index (χ2n) is 5.07. The van der Waals surface area contributed by atoms with E-state index in [1.54, 1.807) is 6.92 Å². The Morgan fingerprint density at radius 1 is 1.10 bits per heavy atom. The van der Waals surface area contributed by atoms with E-state index in [0.29, 0.717) is 13.1 Å². The molecule has 0 radical (unpaired) electrons. The third kappa shape index (κ3) is 3.50. The summed E-state index contributed by atoms with van der Waals surface area (Å²) < 4.78 is 0. The van der Waals surface area contributed by atoms with Crippen molar-refractivity contribution < 1.29 is 9.59 Å². The lowest BCUT2D eigenvalue weighted by Crippen LogP contribution is -2.54. The monoisotopic (exact) mass is 275 g/mol. The maximum atomic E-state index is 12.2. The maximum absolute atomic E-state index is 12.2. The summed E-state index contributed by atoms with van der Waals surface area (Å²) in [7, 11) is 0. The molecule has 0 aliphatic carbocycles. The van der Waals surface area contributed by atoms with Gasteiger partial charge in [0.05, 0.1) is 0 Å². The average molecular weight is 275 g/mol. The number of nitrogens with one attached hydrogen (secondary N) is 1. The number of hydrogen-bond donors (Lipinski definition) is 1. The Balaban J connectivity index is 1.88. The second-order valence-corrected chi connectivity index (χ2v) is 5.07. The third-order valence-corrected chi connectivity index (χ3v) is 3.50. The van der Waals surface area contributed by atoms with Crippen LogP contribution in [0.5, 0.6) is 0 Å². The van der Waals surface area contributed by atoms with Gasteiger partial charge < -0.3 is 15.1 Å². The molecule has 5 heteroatoms. The van der Waals surface area contributed by atoms with E-state index in [0.717, 1.165) is 13.1 Å². The molecule has 0 aromatic heterocycles. The van der Waals surface area contributed by atoms with Crippen LogP contribution >= 0.6 is 0 Å². The molecule has 2 rings (SSSR count). The fourth-order valence-corrected chi connectivity index (χ4v) is 2.46. The average Bonchev–Trinajstić information content (AvgIpc) is 2.47. The van der Waals surface area contributed by atoms with Crippen molar-refractivity contribution in [2.75, 3.05) is 31.1 Å². The minimum Gasteiger partial charge on any atom is -0.368 e. The molecule has 0 spiro atoms. The summed E-state index contributed by atoms with van der Waals surface area (Å²) in [6, 6.07) is 9.75. The van der Waals surface area contributed by atoms with Crippen molar-refractivity contribution in [2.24, 2.45) is 0 Å². The molecule has 1 aliphatic rings. The highest BCUT2D eigenvalue weighted by Crippen LogP contribution is 2.15. The first-order valence-electron chi connectivity index (χ1n) is 6.94. The Morgan fingerprint density at radius 3 is 2.25 bits per heavy atom. The van der Waals surface area contributed by atoms with Gasteiger partial charge in [-0.2, -0.15) is 0 Å². The molecule has 1 aromatic rings. The minimum absolute atomic E-state index is 0.00656. The van der Waals surface area contributed by atoms with E-state index in [2.05, 4.69) is 22.3 Å². The molecular weight excluding hydrogens is 254 g/mol. The zero-order valence-corrected chi connectivity index (χ0v) is 12.0. The number of amides is 2. The van der Waals surface area contributed by atoms with Gasteiger partial charge in [-0.05, 0) is 19.1 Å². The van der Waals surface area contributed by atoms with Crippen molar-refractivity contribution in [3.05, 3.63) is 30.3 Å². The van der Waals surface area contributed by atoms with Crippen molar-refractivity contribution in [2.45, 2.75) is 19.9 Å². The van der Waals surface area contributed by atoms with Crippen LogP contribution < -0.4 is 10.2 Å². The van der Waals surface area contributed by atoms with Gasteiger partial charge in [-0.25, -0.2) is 0 Å². The molecule has 0 bridgehead atoms. The summed E-state index contributed by atoms with van der Waals surface area (Å²) >= 11 is 0. The number of carbonyl (C=O) groups excluding carboxylic acids is 2. The first kappa shape index (κ1) is 14.4. The minimum atomic E-state index is -0.448. The van der Waals surface area contributed by atoms with Gasteiger partial charge in [-0.3, -0.25) is 9.59 Å². The molecule has 2 amide bonds. The van der Waals surface area contributed by atoms with Crippen LogP contribution in [0.1, 0.15) is 13.8 Å². The summed E-state index contributed by atoms with van der Waals surface area (Å²) in [6.45, 7) is 6.19. The smallest absolute Gasteiger partial charge is 0.244 e. The Hall–Kier alpha value is -2.04. The molecule has 0 saturated carbocycles. The van der Waals surface area contributed by atoms with E-state index in [1.165, 1.54) is 12.6 Å². The predicted molar refractivity (Wildman–Crippen MR) is 78.5 cm³/mol. The van der Waals surface area contributed by atoms with E-state index in [-0.39, 0.29) is 11.8 Å². The zero-order chi connectivity index (χ0) is 14.5. The van der Waals surface area contributed by atoms with Crippen molar-refractivity contribution in [1.29, 1.82) is 0 Å². The molecule has 108 valence electrons. The van der Waals surface area contributed by atoms with E-state index in [1.807, 2.05) is 23.1 Å². The molecule has 1 fully saturated rings. The summed E-state index contributed by atoms with van der Waals surface area (Å²) in [4.78, 5) is 27.2. The molecular formula is C15H21N3O2. The van der Waals surface area contributed by atoms with Gasteiger partial charge in [0.15, 0.2) is 0 Å². The highest BCUT2D eigenvalue weighted by atomic mass is 16.2. The van der Waals surface area contributed by atoms with Crippen molar-refractivity contribution in [1.82, 2.24) is 10.2 Å². The molecule has 1 atom stereocenters. The lowest BCUT2D eigenvalue weighted by molar-refractivity contribution is -0.135. The van der Waals surface area contributed by atoms with Gasteiger partial charge in [0.1, 0.15) is 6.04 Å². The number of anilines is 1. The lowest BCUT2D eigenvalue weighted by Gasteiger charge is -2.37. The highest BCUT2D eigenvalue weighted by Gasteiger charge is 2.25. The van der Waals surface area contributed by atoms with Crippen LogP contribution in [0.2, 0.25) is 0 Å². The zero-order valence-electron chi connectivity index (χ0n) is 12.0. The molecule has 1 unspecified atom stereocenters. The van der Waals surface area contributed by atoms with Gasteiger partial charge in [-0.15, -0.1) is 0 Å². The Morgan fingerprint density at radius 2 is 1.70 bits per heavy atom. The number of piperazine rings is 1. The first-order valence-corrected chi connectivity index (χ1v) is 6.94. The van der Waals surface area contributed by atoms with Gasteiger partial charge >= 0.3 is 0 Å². The first-order chi connectivity index (χ1) is 9.58. The number of carbonyl (C=O) groups is 2. The molecule has 1 aliphatic heterocycles. The maximum Gasteiger partial charge on any atom is 0.244 e. The predicted octanol–water partition coefficient (Wildman–Crippen LogP) is 0.860. The number of benzene rings is 1. The Bertz CT molecular complexity index is 467. The van der Waals surface area contributed by atoms with Crippen LogP contribution in [0.3, 0.4) is 0 Å². The normalized spacial score (nSPS) is 16.7. The number of para-hydroxylation sites is 1. The molecule has 1 N–H and O–H groups in total. The van der Waals surface area contributed by atoms with Gasteiger partial charge in [0.25, 0.3) is 0 Å². The van der Waals surface area contributed by atoms with Crippen LogP contribution in [0.4, 0.5) is 5.69 Å². The SMILES string of the molecule is CC(=O)NC(C)C(=O)N1CCN(c2ccccc2)CC1. The van der Waals surface area contributed by atoms with Crippen molar-refractivity contribution in [3.63, 3.8) is 0 Å². The van der Waals surface area contributed by atoms with E-state index >= 15 is 0 Å². The van der Waals surface area contributed by atoms with E-state index in [4.69, 9.17) is 0 Å². The Labute approximate surface area is 119 Å². The molecule has 5 nitrogen and oxygen atoms in total. The van der Waals surface area contributed by atoms with Gasteiger partial charge in [0, 0.05) is 38.8 Å².